The van der Waals surface area contributed by atoms with Gasteiger partial charge in [0.15, 0.2) is 0 Å². The number of anilines is 1. The minimum absolute atomic E-state index is 0.197. The van der Waals surface area contributed by atoms with Gasteiger partial charge in [-0.3, -0.25) is 4.79 Å². The SMILES string of the molecule is CCCCCCCN(CCC(=O)O)c1ccc(C)cc1C. The molecule has 0 aliphatic carbocycles. The molecule has 0 heterocycles. The van der Waals surface area contributed by atoms with E-state index >= 15 is 0 Å². The number of aliphatic carboxylic acids is 1. The maximum Gasteiger partial charge on any atom is 0.305 e. The number of aryl methyl sites for hydroxylation is 2. The van der Waals surface area contributed by atoms with Crippen LogP contribution >= 0.6 is 0 Å². The molecule has 0 aromatic heterocycles. The van der Waals surface area contributed by atoms with Crippen molar-refractivity contribution in [3.05, 3.63) is 29.3 Å². The summed E-state index contributed by atoms with van der Waals surface area (Å²) >= 11 is 0. The van der Waals surface area contributed by atoms with E-state index in [4.69, 9.17) is 5.11 Å². The number of hydrogen-bond acceptors (Lipinski definition) is 2. The van der Waals surface area contributed by atoms with Gasteiger partial charge < -0.3 is 10.0 Å². The minimum Gasteiger partial charge on any atom is -0.481 e. The number of carbonyl (C=O) groups is 1. The highest BCUT2D eigenvalue weighted by molar-refractivity contribution is 5.68. The van der Waals surface area contributed by atoms with Gasteiger partial charge in [0.05, 0.1) is 6.42 Å². The number of nitrogens with zero attached hydrogens (tertiary/aromatic N) is 1. The zero-order valence-electron chi connectivity index (χ0n) is 13.7. The van der Waals surface area contributed by atoms with Crippen LogP contribution in [0, 0.1) is 13.8 Å². The Hall–Kier alpha value is -1.51. The van der Waals surface area contributed by atoms with E-state index in [1.54, 1.807) is 0 Å². The average molecular weight is 291 g/mol. The van der Waals surface area contributed by atoms with E-state index < -0.39 is 5.97 Å². The van der Waals surface area contributed by atoms with Gasteiger partial charge in [0.25, 0.3) is 0 Å². The van der Waals surface area contributed by atoms with Crippen LogP contribution in [0.25, 0.3) is 0 Å². The molecule has 1 aromatic carbocycles. The van der Waals surface area contributed by atoms with Gasteiger partial charge in [-0.2, -0.15) is 0 Å². The average Bonchev–Trinajstić information content (AvgIpc) is 2.42. The third-order valence-corrected chi connectivity index (χ3v) is 3.82. The first-order valence-electron chi connectivity index (χ1n) is 8.08. The van der Waals surface area contributed by atoms with Crippen LogP contribution in [-0.2, 0) is 4.79 Å². The lowest BCUT2D eigenvalue weighted by atomic mass is 10.1. The predicted molar refractivity (Wildman–Crippen MR) is 89.1 cm³/mol. The van der Waals surface area contributed by atoms with Crippen molar-refractivity contribution in [2.45, 2.75) is 59.3 Å². The molecule has 0 saturated heterocycles. The molecule has 0 radical (unpaired) electrons. The van der Waals surface area contributed by atoms with Crippen molar-refractivity contribution >= 4 is 11.7 Å². The van der Waals surface area contributed by atoms with E-state index in [0.29, 0.717) is 6.54 Å². The lowest BCUT2D eigenvalue weighted by Crippen LogP contribution is -2.28. The largest absolute Gasteiger partial charge is 0.481 e. The van der Waals surface area contributed by atoms with Crippen LogP contribution in [0.4, 0.5) is 5.69 Å². The fourth-order valence-corrected chi connectivity index (χ4v) is 2.65. The molecular formula is C18H29NO2. The van der Waals surface area contributed by atoms with Gasteiger partial charge in [-0.15, -0.1) is 0 Å². The molecule has 118 valence electrons. The molecular weight excluding hydrogens is 262 g/mol. The first-order chi connectivity index (χ1) is 10.0. The lowest BCUT2D eigenvalue weighted by molar-refractivity contribution is -0.136. The second-order valence-corrected chi connectivity index (χ2v) is 5.83. The van der Waals surface area contributed by atoms with E-state index in [1.807, 2.05) is 0 Å². The Morgan fingerprint density at radius 2 is 1.81 bits per heavy atom. The molecule has 1 N–H and O–H groups in total. The van der Waals surface area contributed by atoms with E-state index in [-0.39, 0.29) is 6.42 Å². The topological polar surface area (TPSA) is 40.5 Å². The summed E-state index contributed by atoms with van der Waals surface area (Å²) in [5.41, 5.74) is 3.66. The van der Waals surface area contributed by atoms with E-state index in [9.17, 15) is 4.79 Å². The monoisotopic (exact) mass is 291 g/mol. The van der Waals surface area contributed by atoms with Gasteiger partial charge in [0.1, 0.15) is 0 Å². The molecule has 0 aliphatic rings. The van der Waals surface area contributed by atoms with E-state index in [2.05, 4.69) is 43.9 Å². The second-order valence-electron chi connectivity index (χ2n) is 5.83. The second kappa shape index (κ2) is 9.43. The number of carboxylic acids is 1. The number of rotatable bonds is 10. The van der Waals surface area contributed by atoms with Crippen LogP contribution in [0.3, 0.4) is 0 Å². The van der Waals surface area contributed by atoms with Crippen molar-refractivity contribution in [1.82, 2.24) is 0 Å². The van der Waals surface area contributed by atoms with E-state index in [1.165, 1.54) is 42.5 Å². The van der Waals surface area contributed by atoms with Crippen molar-refractivity contribution in [2.75, 3.05) is 18.0 Å². The van der Waals surface area contributed by atoms with Crippen molar-refractivity contribution in [3.8, 4) is 0 Å². The molecule has 3 nitrogen and oxygen atoms in total. The summed E-state index contributed by atoms with van der Waals surface area (Å²) in [5, 5.41) is 8.94. The van der Waals surface area contributed by atoms with Gasteiger partial charge in [0, 0.05) is 18.8 Å². The maximum atomic E-state index is 10.9. The quantitative estimate of drug-likeness (QED) is 0.643. The number of carboxylic acid groups (broad SMARTS) is 1. The maximum absolute atomic E-state index is 10.9. The molecule has 0 unspecified atom stereocenters. The third-order valence-electron chi connectivity index (χ3n) is 3.82. The van der Waals surface area contributed by atoms with E-state index in [0.717, 1.165) is 13.0 Å². The third kappa shape index (κ3) is 6.65. The summed E-state index contributed by atoms with van der Waals surface area (Å²) in [6, 6.07) is 6.39. The highest BCUT2D eigenvalue weighted by Gasteiger charge is 2.11. The van der Waals surface area contributed by atoms with Crippen LogP contribution in [0.5, 0.6) is 0 Å². The fourth-order valence-electron chi connectivity index (χ4n) is 2.65. The standard InChI is InChI=1S/C18H29NO2/c1-4-5-6-7-8-12-19(13-11-18(20)21)17-10-9-15(2)14-16(17)3/h9-10,14H,4-8,11-13H2,1-3H3,(H,20,21). The molecule has 0 atom stereocenters. The van der Waals surface area contributed by atoms with Gasteiger partial charge in [-0.05, 0) is 31.9 Å². The summed E-state index contributed by atoms with van der Waals surface area (Å²) in [6.07, 6.45) is 6.37. The Morgan fingerprint density at radius 1 is 1.10 bits per heavy atom. The molecule has 0 saturated carbocycles. The smallest absolute Gasteiger partial charge is 0.305 e. The molecule has 21 heavy (non-hydrogen) atoms. The summed E-state index contributed by atoms with van der Waals surface area (Å²) in [6.45, 7) is 7.94. The summed E-state index contributed by atoms with van der Waals surface area (Å²) in [4.78, 5) is 13.1. The molecule has 0 aliphatic heterocycles. The zero-order valence-corrected chi connectivity index (χ0v) is 13.7. The predicted octanol–water partition coefficient (Wildman–Crippen LogP) is 4.55. The number of unbranched alkanes of at least 4 members (excludes halogenated alkanes) is 4. The summed E-state index contributed by atoms with van der Waals surface area (Å²) in [5.74, 6) is -0.726. The Morgan fingerprint density at radius 3 is 2.43 bits per heavy atom. The van der Waals surface area contributed by atoms with Crippen LogP contribution in [0.1, 0.15) is 56.6 Å². The van der Waals surface area contributed by atoms with Gasteiger partial charge in [-0.25, -0.2) is 0 Å². The van der Waals surface area contributed by atoms with Crippen LogP contribution in [0.15, 0.2) is 18.2 Å². The highest BCUT2D eigenvalue weighted by atomic mass is 16.4. The Labute approximate surface area is 129 Å². The molecule has 3 heteroatoms. The minimum atomic E-state index is -0.726. The zero-order chi connectivity index (χ0) is 15.7. The molecule has 1 aromatic rings. The Balaban J connectivity index is 2.64. The van der Waals surface area contributed by atoms with Crippen LogP contribution in [0.2, 0.25) is 0 Å². The van der Waals surface area contributed by atoms with Gasteiger partial charge >= 0.3 is 5.97 Å². The molecule has 0 amide bonds. The number of benzene rings is 1. The van der Waals surface area contributed by atoms with Crippen molar-refractivity contribution in [1.29, 1.82) is 0 Å². The summed E-state index contributed by atoms with van der Waals surface area (Å²) in [7, 11) is 0. The number of hydrogen-bond donors (Lipinski definition) is 1. The molecule has 0 bridgehead atoms. The van der Waals surface area contributed by atoms with Crippen molar-refractivity contribution in [3.63, 3.8) is 0 Å². The summed E-state index contributed by atoms with van der Waals surface area (Å²) < 4.78 is 0. The van der Waals surface area contributed by atoms with Gasteiger partial charge in [-0.1, -0.05) is 50.3 Å². The van der Waals surface area contributed by atoms with Crippen molar-refractivity contribution < 1.29 is 9.90 Å². The highest BCUT2D eigenvalue weighted by Crippen LogP contribution is 2.22. The Kier molecular flexibility index (Phi) is 7.88. The van der Waals surface area contributed by atoms with Crippen LogP contribution < -0.4 is 4.90 Å². The first kappa shape index (κ1) is 17.5. The van der Waals surface area contributed by atoms with Gasteiger partial charge in [0.2, 0.25) is 0 Å². The van der Waals surface area contributed by atoms with Crippen molar-refractivity contribution in [2.24, 2.45) is 0 Å². The lowest BCUT2D eigenvalue weighted by Gasteiger charge is -2.26. The van der Waals surface area contributed by atoms with Crippen LogP contribution in [-0.4, -0.2) is 24.2 Å². The Bertz CT molecular complexity index is 443. The normalized spacial score (nSPS) is 10.6. The fraction of sp³-hybridized carbons (Fsp3) is 0.611. The molecule has 0 spiro atoms. The molecule has 1 rings (SSSR count). The molecule has 0 fully saturated rings. The first-order valence-corrected chi connectivity index (χ1v) is 8.08.